The lowest BCUT2D eigenvalue weighted by Crippen LogP contribution is -2.50. The summed E-state index contributed by atoms with van der Waals surface area (Å²) in [4.78, 5) is 14.1. The first-order valence-electron chi connectivity index (χ1n) is 6.41. The molecule has 106 valence electrons. The van der Waals surface area contributed by atoms with Crippen LogP contribution in [0.15, 0.2) is 24.3 Å². The van der Waals surface area contributed by atoms with Crippen molar-refractivity contribution >= 4 is 24.0 Å². The van der Waals surface area contributed by atoms with Crippen LogP contribution >= 0.6 is 12.4 Å². The molecule has 0 spiro atoms. The average molecular weight is 287 g/mol. The molecule has 19 heavy (non-hydrogen) atoms. The van der Waals surface area contributed by atoms with Crippen LogP contribution in [0.1, 0.15) is 13.8 Å². The molecule has 1 unspecified atom stereocenters. The van der Waals surface area contributed by atoms with E-state index >= 15 is 0 Å². The van der Waals surface area contributed by atoms with E-state index in [-0.39, 0.29) is 30.0 Å². The summed E-state index contributed by atoms with van der Waals surface area (Å²) < 4.78 is 12.9. The van der Waals surface area contributed by atoms with Gasteiger partial charge in [-0.3, -0.25) is 4.79 Å². The second kappa shape index (κ2) is 6.87. The van der Waals surface area contributed by atoms with Gasteiger partial charge in [0.05, 0.1) is 0 Å². The standard InChI is InChI=1S/C14H19FN2O.ClH/c1-3-17(13-6-4-12(15)5-7-13)14(18)10(2)11-8-16-9-11;/h4-7,10-11,16H,3,8-9H2,1-2H3;1H. The van der Waals surface area contributed by atoms with Crippen LogP contribution in [0, 0.1) is 17.7 Å². The van der Waals surface area contributed by atoms with Crippen molar-refractivity contribution in [1.29, 1.82) is 0 Å². The second-order valence-corrected chi connectivity index (χ2v) is 4.77. The summed E-state index contributed by atoms with van der Waals surface area (Å²) in [6.45, 7) is 6.34. The van der Waals surface area contributed by atoms with Crippen LogP contribution < -0.4 is 10.2 Å². The number of anilines is 1. The Hall–Kier alpha value is -1.13. The van der Waals surface area contributed by atoms with Crippen molar-refractivity contribution < 1.29 is 9.18 Å². The molecule has 2 rings (SSSR count). The first-order chi connectivity index (χ1) is 8.63. The summed E-state index contributed by atoms with van der Waals surface area (Å²) in [5.74, 6) is 0.275. The minimum absolute atomic E-state index is 0. The molecule has 0 aliphatic carbocycles. The van der Waals surface area contributed by atoms with E-state index in [1.807, 2.05) is 13.8 Å². The second-order valence-electron chi connectivity index (χ2n) is 4.77. The third-order valence-electron chi connectivity index (χ3n) is 3.63. The van der Waals surface area contributed by atoms with Crippen LogP contribution in [-0.2, 0) is 4.79 Å². The van der Waals surface area contributed by atoms with Crippen LogP contribution in [0.3, 0.4) is 0 Å². The molecule has 0 aromatic heterocycles. The van der Waals surface area contributed by atoms with E-state index in [0.717, 1.165) is 18.8 Å². The largest absolute Gasteiger partial charge is 0.316 e. The fourth-order valence-electron chi connectivity index (χ4n) is 2.20. The fourth-order valence-corrected chi connectivity index (χ4v) is 2.20. The highest BCUT2D eigenvalue weighted by Gasteiger charge is 2.31. The molecule has 1 N–H and O–H groups in total. The van der Waals surface area contributed by atoms with E-state index in [4.69, 9.17) is 0 Å². The Morgan fingerprint density at radius 1 is 1.42 bits per heavy atom. The van der Waals surface area contributed by atoms with Crippen molar-refractivity contribution in [1.82, 2.24) is 5.32 Å². The van der Waals surface area contributed by atoms with E-state index in [2.05, 4.69) is 5.32 Å². The van der Waals surface area contributed by atoms with E-state index < -0.39 is 0 Å². The molecular weight excluding hydrogens is 267 g/mol. The zero-order chi connectivity index (χ0) is 13.1. The van der Waals surface area contributed by atoms with Gasteiger partial charge in [-0.2, -0.15) is 0 Å². The van der Waals surface area contributed by atoms with Crippen molar-refractivity contribution in [3.8, 4) is 0 Å². The van der Waals surface area contributed by atoms with Gasteiger partial charge >= 0.3 is 0 Å². The highest BCUT2D eigenvalue weighted by molar-refractivity contribution is 5.95. The number of halogens is 2. The van der Waals surface area contributed by atoms with Gasteiger partial charge in [-0.05, 0) is 50.2 Å². The lowest BCUT2D eigenvalue weighted by molar-refractivity contribution is -0.124. The van der Waals surface area contributed by atoms with Gasteiger partial charge in [0.1, 0.15) is 5.82 Å². The molecular formula is C14H20ClFN2O. The number of hydrogen-bond donors (Lipinski definition) is 1. The number of hydrogen-bond acceptors (Lipinski definition) is 2. The van der Waals surface area contributed by atoms with Crippen LogP contribution in [0.4, 0.5) is 10.1 Å². The molecule has 0 bridgehead atoms. The smallest absolute Gasteiger partial charge is 0.230 e. The van der Waals surface area contributed by atoms with Crippen molar-refractivity contribution in [3.05, 3.63) is 30.1 Å². The van der Waals surface area contributed by atoms with Gasteiger partial charge in [-0.1, -0.05) is 6.92 Å². The average Bonchev–Trinajstić information content (AvgIpc) is 2.30. The maximum absolute atomic E-state index is 12.9. The Morgan fingerprint density at radius 2 is 2.00 bits per heavy atom. The Labute approximate surface area is 119 Å². The predicted molar refractivity (Wildman–Crippen MR) is 77.2 cm³/mol. The molecule has 0 saturated carbocycles. The predicted octanol–water partition coefficient (Wildman–Crippen LogP) is 2.46. The molecule has 0 radical (unpaired) electrons. The van der Waals surface area contributed by atoms with Gasteiger partial charge in [0.2, 0.25) is 5.91 Å². The van der Waals surface area contributed by atoms with Crippen molar-refractivity contribution in [2.24, 2.45) is 11.8 Å². The Bertz CT molecular complexity index is 420. The molecule has 1 aliphatic heterocycles. The molecule has 1 amide bonds. The van der Waals surface area contributed by atoms with Crippen LogP contribution in [-0.4, -0.2) is 25.5 Å². The van der Waals surface area contributed by atoms with Gasteiger partial charge < -0.3 is 10.2 Å². The van der Waals surface area contributed by atoms with Crippen LogP contribution in [0.5, 0.6) is 0 Å². The SMILES string of the molecule is CCN(C(=O)C(C)C1CNC1)c1ccc(F)cc1.Cl. The molecule has 1 heterocycles. The zero-order valence-corrected chi connectivity index (χ0v) is 12.0. The summed E-state index contributed by atoms with van der Waals surface area (Å²) in [5.41, 5.74) is 0.767. The minimum atomic E-state index is -0.279. The number of benzene rings is 1. The highest BCUT2D eigenvalue weighted by atomic mass is 35.5. The number of rotatable bonds is 4. The van der Waals surface area contributed by atoms with E-state index in [1.54, 1.807) is 17.0 Å². The van der Waals surface area contributed by atoms with Crippen LogP contribution in [0.25, 0.3) is 0 Å². The zero-order valence-electron chi connectivity index (χ0n) is 11.2. The molecule has 1 aliphatic rings. The molecule has 1 aromatic carbocycles. The van der Waals surface area contributed by atoms with E-state index in [0.29, 0.717) is 12.5 Å². The molecule has 3 nitrogen and oxygen atoms in total. The van der Waals surface area contributed by atoms with Gasteiger partial charge in [-0.15, -0.1) is 12.4 Å². The van der Waals surface area contributed by atoms with E-state index in [1.165, 1.54) is 12.1 Å². The first kappa shape index (κ1) is 15.9. The quantitative estimate of drug-likeness (QED) is 0.922. The molecule has 1 fully saturated rings. The fraction of sp³-hybridized carbons (Fsp3) is 0.500. The Kier molecular flexibility index (Phi) is 5.76. The number of carbonyl (C=O) groups excluding carboxylic acids is 1. The van der Waals surface area contributed by atoms with Gasteiger partial charge in [0, 0.05) is 18.2 Å². The number of nitrogens with one attached hydrogen (secondary N) is 1. The summed E-state index contributed by atoms with van der Waals surface area (Å²) in [6.07, 6.45) is 0. The Morgan fingerprint density at radius 3 is 2.42 bits per heavy atom. The number of nitrogens with zero attached hydrogens (tertiary/aromatic N) is 1. The van der Waals surface area contributed by atoms with Crippen molar-refractivity contribution in [2.45, 2.75) is 13.8 Å². The summed E-state index contributed by atoms with van der Waals surface area (Å²) in [7, 11) is 0. The lowest BCUT2D eigenvalue weighted by Gasteiger charge is -2.34. The number of amides is 1. The molecule has 1 aromatic rings. The van der Waals surface area contributed by atoms with Gasteiger partial charge in [-0.25, -0.2) is 4.39 Å². The van der Waals surface area contributed by atoms with Gasteiger partial charge in [0.15, 0.2) is 0 Å². The molecule has 1 saturated heterocycles. The normalized spacial score (nSPS) is 16.2. The molecule has 1 atom stereocenters. The lowest BCUT2D eigenvalue weighted by atomic mass is 9.88. The maximum atomic E-state index is 12.9. The Balaban J connectivity index is 0.00000180. The monoisotopic (exact) mass is 286 g/mol. The molecule has 5 heteroatoms. The topological polar surface area (TPSA) is 32.3 Å². The first-order valence-corrected chi connectivity index (χ1v) is 6.41. The summed E-state index contributed by atoms with van der Waals surface area (Å²) in [5, 5.41) is 3.18. The number of carbonyl (C=O) groups is 1. The maximum Gasteiger partial charge on any atom is 0.230 e. The minimum Gasteiger partial charge on any atom is -0.316 e. The van der Waals surface area contributed by atoms with Crippen molar-refractivity contribution in [2.75, 3.05) is 24.5 Å². The van der Waals surface area contributed by atoms with Gasteiger partial charge in [0.25, 0.3) is 0 Å². The third kappa shape index (κ3) is 3.45. The third-order valence-corrected chi connectivity index (χ3v) is 3.63. The summed E-state index contributed by atoms with van der Waals surface area (Å²) >= 11 is 0. The van der Waals surface area contributed by atoms with Crippen LogP contribution in [0.2, 0.25) is 0 Å². The van der Waals surface area contributed by atoms with E-state index in [9.17, 15) is 9.18 Å². The van der Waals surface area contributed by atoms with Crippen molar-refractivity contribution in [3.63, 3.8) is 0 Å². The highest BCUT2D eigenvalue weighted by Crippen LogP contribution is 2.22. The summed E-state index contributed by atoms with van der Waals surface area (Å²) in [6, 6.07) is 6.09.